The second kappa shape index (κ2) is 13.6. The number of nitrogens with zero attached hydrogens (tertiary/aromatic N) is 5. The van der Waals surface area contributed by atoms with Gasteiger partial charge in [0.2, 0.25) is 0 Å². The summed E-state index contributed by atoms with van der Waals surface area (Å²) in [5.74, 6) is -0.828. The number of fused-ring (bicyclic) bond motifs is 3. The van der Waals surface area contributed by atoms with Gasteiger partial charge in [0, 0.05) is 49.0 Å². The number of anilines is 1. The summed E-state index contributed by atoms with van der Waals surface area (Å²) in [4.78, 5) is 18.8. The summed E-state index contributed by atoms with van der Waals surface area (Å²) in [6.07, 6.45) is 9.67. The Morgan fingerprint density at radius 2 is 1.94 bits per heavy atom. The molecule has 2 aliphatic heterocycles. The van der Waals surface area contributed by atoms with E-state index in [0.29, 0.717) is 77.9 Å². The maximum absolute atomic E-state index is 17.1. The second-order valence-electron chi connectivity index (χ2n) is 15.8. The van der Waals surface area contributed by atoms with Gasteiger partial charge in [-0.25, -0.2) is 8.78 Å². The van der Waals surface area contributed by atoms with Crippen molar-refractivity contribution in [3.8, 4) is 23.0 Å². The number of ether oxygens (including phenoxy) is 3. The number of aryl methyl sites for hydroxylation is 1. The average molecular weight is 718 g/mol. The Bertz CT molecular complexity index is 1990. The molecule has 278 valence electrons. The molecular weight excluding hydrogens is 668 g/mol. The summed E-state index contributed by atoms with van der Waals surface area (Å²) in [5, 5.41) is 23.2. The van der Waals surface area contributed by atoms with E-state index >= 15 is 8.78 Å². The number of phenolic OH excluding ortho intramolecular Hbond substituents is 1. The molecule has 12 heteroatoms. The van der Waals surface area contributed by atoms with Gasteiger partial charge in [0.25, 0.3) is 0 Å². The predicted octanol–water partition coefficient (Wildman–Crippen LogP) is 6.56. The number of piperidine rings is 1. The Kier molecular flexibility index (Phi) is 9.25. The molecular formula is C40H49F2N5O5. The summed E-state index contributed by atoms with van der Waals surface area (Å²) in [7, 11) is 1.79. The van der Waals surface area contributed by atoms with Crippen LogP contribution >= 0.6 is 0 Å². The van der Waals surface area contributed by atoms with Crippen LogP contribution in [0.5, 0.6) is 11.8 Å². The molecule has 0 radical (unpaired) electrons. The smallest absolute Gasteiger partial charge is 0.319 e. The van der Waals surface area contributed by atoms with E-state index in [1.807, 2.05) is 11.8 Å². The standard InChI is InChI=1S/C40H49F2N5O5/c1-5-28-31(41)9-8-24-15-26(48)18-29(33(24)28)35-34(42)36-30(19-43-35)37(46-13-14-51-21-39(3,49)20-46)45-38(44-36)52-22-40-11-6-7-32(40)47(23(2)10-12-40)25-16-27(17-25)50-4/h8-9,15,18-19,23,25,27,32,48-49H,5-7,10-14,16-17,20-22H2,1-4H3/t23?,25?,27?,32?,39-,40+/m0/s1. The van der Waals surface area contributed by atoms with Crippen LogP contribution in [0.3, 0.4) is 0 Å². The van der Waals surface area contributed by atoms with Crippen molar-refractivity contribution in [2.75, 3.05) is 44.9 Å². The van der Waals surface area contributed by atoms with Crippen LogP contribution in [0.25, 0.3) is 32.9 Å². The lowest BCUT2D eigenvalue weighted by Gasteiger charge is -2.55. The highest BCUT2D eigenvalue weighted by atomic mass is 19.1. The van der Waals surface area contributed by atoms with Gasteiger partial charge in [-0.05, 0) is 93.3 Å². The second-order valence-corrected chi connectivity index (χ2v) is 15.8. The van der Waals surface area contributed by atoms with Crippen LogP contribution in [0.4, 0.5) is 14.6 Å². The minimum absolute atomic E-state index is 0.000179. The zero-order valence-corrected chi connectivity index (χ0v) is 30.5. The molecule has 2 saturated heterocycles. The van der Waals surface area contributed by atoms with Crippen LogP contribution in [-0.2, 0) is 15.9 Å². The number of hydrogen-bond acceptors (Lipinski definition) is 10. The Hall–Kier alpha value is -3.71. The fraction of sp³-hybridized carbons (Fsp3) is 0.575. The number of hydrogen-bond donors (Lipinski definition) is 2. The first-order chi connectivity index (χ1) is 25.0. The van der Waals surface area contributed by atoms with Crippen molar-refractivity contribution in [1.29, 1.82) is 0 Å². The Morgan fingerprint density at radius 3 is 2.73 bits per heavy atom. The van der Waals surface area contributed by atoms with Crippen molar-refractivity contribution < 1.29 is 33.2 Å². The van der Waals surface area contributed by atoms with Crippen LogP contribution in [0.2, 0.25) is 0 Å². The zero-order chi connectivity index (χ0) is 36.4. The van der Waals surface area contributed by atoms with Crippen LogP contribution < -0.4 is 9.64 Å². The number of aliphatic hydroxyl groups is 1. The van der Waals surface area contributed by atoms with Gasteiger partial charge in [-0.15, -0.1) is 0 Å². The fourth-order valence-corrected chi connectivity index (χ4v) is 9.60. The summed E-state index contributed by atoms with van der Waals surface area (Å²) < 4.78 is 50.1. The highest BCUT2D eigenvalue weighted by molar-refractivity contribution is 6.01. The molecule has 4 aromatic rings. The van der Waals surface area contributed by atoms with Gasteiger partial charge < -0.3 is 29.3 Å². The number of aromatic hydroxyl groups is 1. The van der Waals surface area contributed by atoms with Crippen LogP contribution in [0.1, 0.15) is 71.3 Å². The highest BCUT2D eigenvalue weighted by Crippen LogP contribution is 2.52. The van der Waals surface area contributed by atoms with Crippen molar-refractivity contribution in [2.45, 2.75) is 102 Å². The molecule has 0 amide bonds. The summed E-state index contributed by atoms with van der Waals surface area (Å²) in [6.45, 7) is 7.38. The third-order valence-electron chi connectivity index (χ3n) is 12.3. The summed E-state index contributed by atoms with van der Waals surface area (Å²) in [5.41, 5.74) is -0.628. The molecule has 10 nitrogen and oxygen atoms in total. The Balaban J connectivity index is 1.22. The lowest BCUT2D eigenvalue weighted by molar-refractivity contribution is -0.105. The summed E-state index contributed by atoms with van der Waals surface area (Å²) >= 11 is 0. The van der Waals surface area contributed by atoms with E-state index < -0.39 is 17.2 Å². The van der Waals surface area contributed by atoms with Crippen LogP contribution in [-0.4, -0.2) is 99.9 Å². The predicted molar refractivity (Wildman–Crippen MR) is 195 cm³/mol. The number of phenols is 1. The molecule has 0 spiro atoms. The van der Waals surface area contributed by atoms with Crippen molar-refractivity contribution in [1.82, 2.24) is 19.9 Å². The quantitative estimate of drug-likeness (QED) is 0.208. The molecule has 2 aromatic carbocycles. The number of aromatic nitrogens is 3. The number of halogens is 2. The molecule has 2 aromatic heterocycles. The minimum Gasteiger partial charge on any atom is -0.508 e. The van der Waals surface area contributed by atoms with E-state index in [2.05, 4.69) is 16.8 Å². The molecule has 2 aliphatic carbocycles. The van der Waals surface area contributed by atoms with E-state index in [9.17, 15) is 10.2 Å². The third kappa shape index (κ3) is 6.15. The minimum atomic E-state index is -1.18. The molecule has 4 fully saturated rings. The fourth-order valence-electron chi connectivity index (χ4n) is 9.60. The average Bonchev–Trinajstić information content (AvgIpc) is 3.44. The van der Waals surface area contributed by atoms with Gasteiger partial charge in [0.1, 0.15) is 34.2 Å². The van der Waals surface area contributed by atoms with Crippen molar-refractivity contribution >= 4 is 27.5 Å². The number of methoxy groups -OCH3 is 1. The monoisotopic (exact) mass is 717 g/mol. The van der Waals surface area contributed by atoms with Gasteiger partial charge in [0.15, 0.2) is 5.82 Å². The molecule has 2 N–H and O–H groups in total. The van der Waals surface area contributed by atoms with Gasteiger partial charge in [0.05, 0.1) is 37.9 Å². The highest BCUT2D eigenvalue weighted by Gasteiger charge is 2.53. The van der Waals surface area contributed by atoms with E-state index in [1.54, 1.807) is 26.2 Å². The van der Waals surface area contributed by atoms with Crippen molar-refractivity contribution in [3.63, 3.8) is 0 Å². The Labute approximate surface area is 303 Å². The maximum Gasteiger partial charge on any atom is 0.319 e. The molecule has 0 bridgehead atoms. The maximum atomic E-state index is 17.1. The molecule has 2 unspecified atom stereocenters. The number of β-amino-alcohol motifs (C(OH)–C–C–N with tert-alkyl or cyclic N) is 1. The van der Waals surface area contributed by atoms with Crippen molar-refractivity contribution in [3.05, 3.63) is 47.7 Å². The van der Waals surface area contributed by atoms with Gasteiger partial charge in [-0.3, -0.25) is 9.88 Å². The van der Waals surface area contributed by atoms with Crippen molar-refractivity contribution in [2.24, 2.45) is 5.41 Å². The van der Waals surface area contributed by atoms with E-state index in [4.69, 9.17) is 24.2 Å². The van der Waals surface area contributed by atoms with E-state index in [0.717, 1.165) is 44.9 Å². The molecule has 4 atom stereocenters. The number of pyridine rings is 1. The molecule has 2 saturated carbocycles. The van der Waals surface area contributed by atoms with Gasteiger partial charge in [-0.1, -0.05) is 19.4 Å². The molecule has 4 aliphatic rings. The molecule has 4 heterocycles. The lowest BCUT2D eigenvalue weighted by Crippen LogP contribution is -2.62. The summed E-state index contributed by atoms with van der Waals surface area (Å²) in [6, 6.07) is 7.31. The SMILES string of the molecule is CCc1c(F)ccc2cc(O)cc(-c3ncc4c(N5CCOC[C@@](C)(O)C5)nc(OC[C@]56CCCC5N(C5CC(OC)C5)C(C)CC6)nc4c3F)c12. The lowest BCUT2D eigenvalue weighted by atomic mass is 9.71. The topological polar surface area (TPSA) is 113 Å². The van der Waals surface area contributed by atoms with E-state index in [1.165, 1.54) is 18.3 Å². The first kappa shape index (κ1) is 35.3. The zero-order valence-electron chi connectivity index (χ0n) is 30.5. The number of likely N-dealkylation sites (tertiary alicyclic amines) is 1. The number of rotatable bonds is 8. The van der Waals surface area contributed by atoms with E-state index in [-0.39, 0.29) is 47.1 Å². The van der Waals surface area contributed by atoms with Gasteiger partial charge in [-0.2, -0.15) is 9.97 Å². The number of benzene rings is 2. The Morgan fingerprint density at radius 1 is 1.12 bits per heavy atom. The van der Waals surface area contributed by atoms with Crippen LogP contribution in [0.15, 0.2) is 30.5 Å². The largest absolute Gasteiger partial charge is 0.508 e. The third-order valence-corrected chi connectivity index (χ3v) is 12.3. The first-order valence-electron chi connectivity index (χ1n) is 18.8. The molecule has 8 rings (SSSR count). The molecule has 52 heavy (non-hydrogen) atoms. The van der Waals surface area contributed by atoms with Crippen LogP contribution in [0, 0.1) is 17.0 Å². The van der Waals surface area contributed by atoms with Gasteiger partial charge >= 0.3 is 6.01 Å². The first-order valence-corrected chi connectivity index (χ1v) is 18.8. The normalized spacial score (nSPS) is 29.6.